The van der Waals surface area contributed by atoms with Gasteiger partial charge in [0, 0.05) is 28.8 Å². The van der Waals surface area contributed by atoms with Crippen LogP contribution in [0.1, 0.15) is 16.7 Å². The maximum atomic E-state index is 12.8. The Morgan fingerprint density at radius 1 is 1.15 bits per heavy atom. The summed E-state index contributed by atoms with van der Waals surface area (Å²) in [4.78, 5) is 16.3. The zero-order chi connectivity index (χ0) is 18.7. The highest BCUT2D eigenvalue weighted by Gasteiger charge is 2.32. The molecule has 1 N–H and O–H groups in total. The van der Waals surface area contributed by atoms with Gasteiger partial charge in [-0.25, -0.2) is 0 Å². The molecule has 0 aliphatic carbocycles. The topological polar surface area (TPSA) is 42.0 Å². The van der Waals surface area contributed by atoms with Crippen molar-refractivity contribution in [3.8, 4) is 0 Å². The van der Waals surface area contributed by atoms with Crippen LogP contribution >= 0.6 is 15.9 Å². The number of fused-ring (bicyclic) bond motifs is 1. The summed E-state index contributed by atoms with van der Waals surface area (Å²) in [6.07, 6.45) is -0.826. The lowest BCUT2D eigenvalue weighted by Crippen LogP contribution is -2.24. The van der Waals surface area contributed by atoms with Crippen LogP contribution in [0.2, 0.25) is 0 Å². The summed E-state index contributed by atoms with van der Waals surface area (Å²) in [5.41, 5.74) is 0.716. The average molecular weight is 423 g/mol. The number of hydrogen-bond acceptors (Lipinski definition) is 2. The second-order valence-electron chi connectivity index (χ2n) is 5.78. The summed E-state index contributed by atoms with van der Waals surface area (Å²) in [6, 6.07) is 11.2. The summed E-state index contributed by atoms with van der Waals surface area (Å²) < 4.78 is 38.2. The van der Waals surface area contributed by atoms with E-state index in [4.69, 9.17) is 0 Å². The van der Waals surface area contributed by atoms with Crippen molar-refractivity contribution in [1.82, 2.24) is 10.3 Å². The van der Waals surface area contributed by atoms with Crippen molar-refractivity contribution in [2.75, 3.05) is 0 Å². The van der Waals surface area contributed by atoms with Crippen molar-refractivity contribution in [3.63, 3.8) is 0 Å². The van der Waals surface area contributed by atoms with Gasteiger partial charge in [-0.2, -0.15) is 13.2 Å². The van der Waals surface area contributed by atoms with Crippen LogP contribution in [0.25, 0.3) is 10.8 Å². The van der Waals surface area contributed by atoms with Gasteiger partial charge in [-0.1, -0.05) is 40.2 Å². The van der Waals surface area contributed by atoms with Gasteiger partial charge in [0.1, 0.15) is 0 Å². The molecule has 3 nitrogen and oxygen atoms in total. The molecule has 0 fully saturated rings. The molecule has 1 heterocycles. The first-order chi connectivity index (χ1) is 12.3. The van der Waals surface area contributed by atoms with Gasteiger partial charge in [0.25, 0.3) is 0 Å². The molecule has 1 aromatic heterocycles. The fourth-order valence-electron chi connectivity index (χ4n) is 2.68. The number of benzene rings is 2. The Labute approximate surface area is 156 Å². The molecule has 134 valence electrons. The zero-order valence-corrected chi connectivity index (χ0v) is 15.1. The number of carbonyl (C=O) groups excluding carboxylic acids is 1. The Kier molecular flexibility index (Phi) is 5.27. The van der Waals surface area contributed by atoms with Crippen LogP contribution in [0.5, 0.6) is 0 Å². The Morgan fingerprint density at radius 3 is 2.69 bits per heavy atom. The Hall–Kier alpha value is -2.41. The molecule has 26 heavy (non-hydrogen) atoms. The number of hydrogen-bond donors (Lipinski definition) is 1. The second-order valence-corrected chi connectivity index (χ2v) is 6.63. The van der Waals surface area contributed by atoms with Crippen molar-refractivity contribution in [2.45, 2.75) is 19.1 Å². The van der Waals surface area contributed by atoms with Gasteiger partial charge in [-0.05, 0) is 34.7 Å². The molecular formula is C19H14BrF3N2O. The van der Waals surface area contributed by atoms with Crippen molar-refractivity contribution < 1.29 is 18.0 Å². The Bertz CT molecular complexity index is 952. The van der Waals surface area contributed by atoms with E-state index >= 15 is 0 Å². The standard InChI is InChI=1S/C19H14BrF3N2O/c20-17-8-12(4-5-16(17)19(21,22)23)10-25-18(26)9-13-2-1-3-14-11-24-7-6-15(13)14/h1-8,11H,9-10H2,(H,25,26). The monoisotopic (exact) mass is 422 g/mol. The highest BCUT2D eigenvalue weighted by Crippen LogP contribution is 2.35. The van der Waals surface area contributed by atoms with E-state index < -0.39 is 11.7 Å². The minimum atomic E-state index is -4.41. The van der Waals surface area contributed by atoms with Gasteiger partial charge in [0.05, 0.1) is 12.0 Å². The minimum Gasteiger partial charge on any atom is -0.352 e. The summed E-state index contributed by atoms with van der Waals surface area (Å²) in [5, 5.41) is 4.64. The number of nitrogens with zero attached hydrogens (tertiary/aromatic N) is 1. The molecule has 0 radical (unpaired) electrons. The summed E-state index contributed by atoms with van der Waals surface area (Å²) in [6.45, 7) is 0.155. The molecule has 0 aliphatic heterocycles. The number of pyridine rings is 1. The van der Waals surface area contributed by atoms with E-state index in [0.29, 0.717) is 5.56 Å². The molecule has 1 amide bonds. The van der Waals surface area contributed by atoms with E-state index in [0.717, 1.165) is 22.4 Å². The summed E-state index contributed by atoms with van der Waals surface area (Å²) in [5.74, 6) is -0.203. The molecule has 3 rings (SSSR count). The number of rotatable bonds is 4. The first-order valence-electron chi connectivity index (χ1n) is 7.78. The van der Waals surface area contributed by atoms with Gasteiger partial charge < -0.3 is 5.32 Å². The highest BCUT2D eigenvalue weighted by atomic mass is 79.9. The van der Waals surface area contributed by atoms with Gasteiger partial charge in [-0.15, -0.1) is 0 Å². The molecule has 7 heteroatoms. The second kappa shape index (κ2) is 7.45. The van der Waals surface area contributed by atoms with E-state index in [1.165, 1.54) is 12.1 Å². The number of nitrogens with one attached hydrogen (secondary N) is 1. The van der Waals surface area contributed by atoms with Crippen LogP contribution in [0.3, 0.4) is 0 Å². The quantitative estimate of drug-likeness (QED) is 0.651. The lowest BCUT2D eigenvalue weighted by atomic mass is 10.0. The normalized spacial score (nSPS) is 11.5. The van der Waals surface area contributed by atoms with E-state index in [9.17, 15) is 18.0 Å². The van der Waals surface area contributed by atoms with Crippen LogP contribution in [0.15, 0.2) is 59.3 Å². The third kappa shape index (κ3) is 4.22. The van der Waals surface area contributed by atoms with Crippen molar-refractivity contribution in [3.05, 3.63) is 76.0 Å². The van der Waals surface area contributed by atoms with Crippen LogP contribution in [-0.2, 0) is 23.9 Å². The van der Waals surface area contributed by atoms with Gasteiger partial charge in [-0.3, -0.25) is 9.78 Å². The van der Waals surface area contributed by atoms with E-state index in [-0.39, 0.29) is 23.3 Å². The molecule has 0 aliphatic rings. The van der Waals surface area contributed by atoms with Crippen molar-refractivity contribution >= 4 is 32.6 Å². The zero-order valence-electron chi connectivity index (χ0n) is 13.5. The number of aromatic nitrogens is 1. The molecule has 0 spiro atoms. The van der Waals surface area contributed by atoms with E-state index in [1.54, 1.807) is 12.4 Å². The van der Waals surface area contributed by atoms with Crippen molar-refractivity contribution in [2.24, 2.45) is 0 Å². The van der Waals surface area contributed by atoms with Crippen LogP contribution in [-0.4, -0.2) is 10.9 Å². The third-order valence-electron chi connectivity index (χ3n) is 3.95. The summed E-state index contributed by atoms with van der Waals surface area (Å²) >= 11 is 2.93. The number of carbonyl (C=O) groups is 1. The third-order valence-corrected chi connectivity index (χ3v) is 4.61. The molecule has 0 saturated heterocycles. The smallest absolute Gasteiger partial charge is 0.352 e. The number of alkyl halides is 3. The highest BCUT2D eigenvalue weighted by molar-refractivity contribution is 9.10. The first kappa shape index (κ1) is 18.4. The number of amides is 1. The summed E-state index contributed by atoms with van der Waals surface area (Å²) in [7, 11) is 0. The Balaban J connectivity index is 1.67. The largest absolute Gasteiger partial charge is 0.417 e. The SMILES string of the molecule is O=C(Cc1cccc2cnccc12)NCc1ccc(C(F)(F)F)c(Br)c1. The van der Waals surface area contributed by atoms with Crippen LogP contribution in [0, 0.1) is 0 Å². The molecule has 0 atom stereocenters. The molecule has 0 saturated carbocycles. The van der Waals surface area contributed by atoms with Crippen LogP contribution < -0.4 is 5.32 Å². The minimum absolute atomic E-state index is 0.0432. The maximum Gasteiger partial charge on any atom is 0.417 e. The number of halogens is 4. The molecule has 0 unspecified atom stereocenters. The predicted octanol–water partition coefficient (Wildman–Crippen LogP) is 4.88. The van der Waals surface area contributed by atoms with Gasteiger partial charge >= 0.3 is 6.18 Å². The Morgan fingerprint density at radius 2 is 1.96 bits per heavy atom. The van der Waals surface area contributed by atoms with Crippen LogP contribution in [0.4, 0.5) is 13.2 Å². The predicted molar refractivity (Wildman–Crippen MR) is 96.4 cm³/mol. The fraction of sp³-hybridized carbons (Fsp3) is 0.158. The van der Waals surface area contributed by atoms with E-state index in [1.807, 2.05) is 24.3 Å². The lowest BCUT2D eigenvalue weighted by molar-refractivity contribution is -0.138. The molecule has 3 aromatic rings. The molecular weight excluding hydrogens is 409 g/mol. The average Bonchev–Trinajstić information content (AvgIpc) is 2.59. The lowest BCUT2D eigenvalue weighted by Gasteiger charge is -2.11. The van der Waals surface area contributed by atoms with E-state index in [2.05, 4.69) is 26.2 Å². The van der Waals surface area contributed by atoms with Crippen molar-refractivity contribution in [1.29, 1.82) is 0 Å². The fourth-order valence-corrected chi connectivity index (χ4v) is 3.33. The van der Waals surface area contributed by atoms with Gasteiger partial charge in [0.15, 0.2) is 0 Å². The maximum absolute atomic E-state index is 12.8. The van der Waals surface area contributed by atoms with Gasteiger partial charge in [0.2, 0.25) is 5.91 Å². The molecule has 0 bridgehead atoms. The molecule has 2 aromatic carbocycles. The first-order valence-corrected chi connectivity index (χ1v) is 8.58.